The molecule has 2 heterocycles. The predicted octanol–water partition coefficient (Wildman–Crippen LogP) is 1.05. The van der Waals surface area contributed by atoms with Crippen LogP contribution in [0.3, 0.4) is 0 Å². The number of hydrogen-bond donors (Lipinski definition) is 1. The molecule has 3 fully saturated rings. The minimum atomic E-state index is -0.800. The molecule has 0 radical (unpaired) electrons. The summed E-state index contributed by atoms with van der Waals surface area (Å²) >= 11 is 0. The molecular formula is C16H26N2O4. The smallest absolute Gasteiger partial charge is 0.238 e. The summed E-state index contributed by atoms with van der Waals surface area (Å²) < 4.78 is 11.4. The molecule has 2 saturated heterocycles. The number of nitrogens with one attached hydrogen (secondary N) is 1. The Hall–Kier alpha value is -1.14. The molecule has 6 heteroatoms. The average molecular weight is 310 g/mol. The third kappa shape index (κ3) is 2.74. The van der Waals surface area contributed by atoms with Crippen LogP contribution in [-0.2, 0) is 19.1 Å². The van der Waals surface area contributed by atoms with Crippen LogP contribution < -0.4 is 5.32 Å². The lowest BCUT2D eigenvalue weighted by Gasteiger charge is -2.38. The fourth-order valence-electron chi connectivity index (χ4n) is 3.27. The summed E-state index contributed by atoms with van der Waals surface area (Å²) in [7, 11) is 0. The van der Waals surface area contributed by atoms with Gasteiger partial charge in [0, 0.05) is 32.0 Å². The van der Waals surface area contributed by atoms with E-state index < -0.39 is 11.2 Å². The number of hydrogen-bond acceptors (Lipinski definition) is 4. The maximum absolute atomic E-state index is 12.8. The van der Waals surface area contributed by atoms with Crippen LogP contribution in [-0.4, -0.2) is 54.8 Å². The number of rotatable bonds is 4. The molecule has 6 nitrogen and oxygen atoms in total. The molecule has 1 atom stereocenters. The summed E-state index contributed by atoms with van der Waals surface area (Å²) in [6.07, 6.45) is 3.60. The maximum atomic E-state index is 12.8. The predicted molar refractivity (Wildman–Crippen MR) is 80.0 cm³/mol. The van der Waals surface area contributed by atoms with E-state index in [0.717, 1.165) is 6.42 Å². The number of nitrogens with zero attached hydrogens (tertiary/aromatic N) is 1. The SMILES string of the molecule is CCC(C)NC(=O)C1(C(=O)N2CCC3(CC2)OCCO3)CC1. The van der Waals surface area contributed by atoms with Gasteiger partial charge in [0.1, 0.15) is 5.41 Å². The van der Waals surface area contributed by atoms with Crippen molar-refractivity contribution < 1.29 is 19.1 Å². The van der Waals surface area contributed by atoms with Crippen molar-refractivity contribution in [3.05, 3.63) is 0 Å². The lowest BCUT2D eigenvalue weighted by Crippen LogP contribution is -2.52. The highest BCUT2D eigenvalue weighted by atomic mass is 16.7. The van der Waals surface area contributed by atoms with E-state index in [1.54, 1.807) is 0 Å². The van der Waals surface area contributed by atoms with Gasteiger partial charge in [-0.05, 0) is 26.2 Å². The van der Waals surface area contributed by atoms with Gasteiger partial charge in [0.05, 0.1) is 13.2 Å². The quantitative estimate of drug-likeness (QED) is 0.788. The van der Waals surface area contributed by atoms with Gasteiger partial charge in [-0.1, -0.05) is 6.92 Å². The molecule has 0 aromatic carbocycles. The molecule has 0 aromatic rings. The molecule has 2 amide bonds. The van der Waals surface area contributed by atoms with Crippen LogP contribution in [0.5, 0.6) is 0 Å². The maximum Gasteiger partial charge on any atom is 0.238 e. The van der Waals surface area contributed by atoms with Crippen LogP contribution in [0.1, 0.15) is 46.0 Å². The van der Waals surface area contributed by atoms with E-state index in [0.29, 0.717) is 52.0 Å². The molecule has 2 aliphatic heterocycles. The van der Waals surface area contributed by atoms with Gasteiger partial charge in [0.15, 0.2) is 5.79 Å². The second-order valence-electron chi connectivity index (χ2n) is 6.76. The highest BCUT2D eigenvalue weighted by Crippen LogP contribution is 2.48. The van der Waals surface area contributed by atoms with E-state index in [1.807, 2.05) is 18.7 Å². The van der Waals surface area contributed by atoms with Gasteiger partial charge in [0.25, 0.3) is 0 Å². The first kappa shape index (κ1) is 15.7. The Morgan fingerprint density at radius 2 is 1.73 bits per heavy atom. The van der Waals surface area contributed by atoms with Gasteiger partial charge in [-0.3, -0.25) is 9.59 Å². The van der Waals surface area contributed by atoms with Gasteiger partial charge >= 0.3 is 0 Å². The fraction of sp³-hybridized carbons (Fsp3) is 0.875. The minimum absolute atomic E-state index is 0.0128. The van der Waals surface area contributed by atoms with E-state index >= 15 is 0 Å². The van der Waals surface area contributed by atoms with Crippen LogP contribution in [0.25, 0.3) is 0 Å². The number of likely N-dealkylation sites (tertiary alicyclic amines) is 1. The van der Waals surface area contributed by atoms with Gasteiger partial charge in [0.2, 0.25) is 11.8 Å². The third-order valence-electron chi connectivity index (χ3n) is 5.21. The van der Waals surface area contributed by atoms with Crippen molar-refractivity contribution in [1.82, 2.24) is 10.2 Å². The average Bonchev–Trinajstić information content (AvgIpc) is 3.23. The van der Waals surface area contributed by atoms with Crippen molar-refractivity contribution in [1.29, 1.82) is 0 Å². The highest BCUT2D eigenvalue weighted by molar-refractivity contribution is 6.08. The summed E-state index contributed by atoms with van der Waals surface area (Å²) in [6.45, 7) is 6.48. The van der Waals surface area contributed by atoms with Crippen LogP contribution in [0.4, 0.5) is 0 Å². The Bertz CT molecular complexity index is 445. The lowest BCUT2D eigenvalue weighted by atomic mass is 9.98. The molecule has 3 aliphatic rings. The molecule has 3 rings (SSSR count). The summed E-state index contributed by atoms with van der Waals surface area (Å²) in [6, 6.07) is 0.114. The summed E-state index contributed by atoms with van der Waals surface area (Å²) in [5, 5.41) is 2.97. The van der Waals surface area contributed by atoms with Crippen LogP contribution >= 0.6 is 0 Å². The Morgan fingerprint density at radius 3 is 2.23 bits per heavy atom. The zero-order chi connectivity index (χ0) is 15.8. The monoisotopic (exact) mass is 310 g/mol. The Morgan fingerprint density at radius 1 is 1.14 bits per heavy atom. The molecule has 124 valence electrons. The first-order chi connectivity index (χ1) is 10.5. The zero-order valence-corrected chi connectivity index (χ0v) is 13.5. The third-order valence-corrected chi connectivity index (χ3v) is 5.21. The second kappa shape index (κ2) is 5.81. The van der Waals surface area contributed by atoms with Crippen molar-refractivity contribution >= 4 is 11.8 Å². The number of piperidine rings is 1. The first-order valence-electron chi connectivity index (χ1n) is 8.40. The number of carbonyl (C=O) groups is 2. The normalized spacial score (nSPS) is 26.7. The molecule has 0 bridgehead atoms. The molecule has 1 unspecified atom stereocenters. The van der Waals surface area contributed by atoms with Crippen molar-refractivity contribution in [2.24, 2.45) is 5.41 Å². The van der Waals surface area contributed by atoms with Gasteiger partial charge < -0.3 is 19.7 Å². The zero-order valence-electron chi connectivity index (χ0n) is 13.5. The number of ether oxygens (including phenoxy) is 2. The molecular weight excluding hydrogens is 284 g/mol. The van der Waals surface area contributed by atoms with Gasteiger partial charge in [-0.25, -0.2) is 0 Å². The fourth-order valence-corrected chi connectivity index (χ4v) is 3.27. The molecule has 1 N–H and O–H groups in total. The molecule has 22 heavy (non-hydrogen) atoms. The van der Waals surface area contributed by atoms with Crippen LogP contribution in [0.15, 0.2) is 0 Å². The Kier molecular flexibility index (Phi) is 4.16. The van der Waals surface area contributed by atoms with Crippen molar-refractivity contribution in [2.75, 3.05) is 26.3 Å². The van der Waals surface area contributed by atoms with Crippen molar-refractivity contribution in [3.8, 4) is 0 Å². The number of amides is 2. The standard InChI is InChI=1S/C16H26N2O4/c1-3-12(2)17-13(19)15(4-5-15)14(20)18-8-6-16(7-9-18)21-10-11-22-16/h12H,3-11H2,1-2H3,(H,17,19). The van der Waals surface area contributed by atoms with Crippen LogP contribution in [0.2, 0.25) is 0 Å². The van der Waals surface area contributed by atoms with Crippen molar-refractivity contribution in [2.45, 2.75) is 57.8 Å². The summed E-state index contributed by atoms with van der Waals surface area (Å²) in [5.41, 5.74) is -0.800. The Labute approximate surface area is 131 Å². The first-order valence-corrected chi connectivity index (χ1v) is 8.40. The van der Waals surface area contributed by atoms with E-state index in [1.165, 1.54) is 0 Å². The van der Waals surface area contributed by atoms with E-state index in [2.05, 4.69) is 5.32 Å². The van der Waals surface area contributed by atoms with E-state index in [-0.39, 0.29) is 17.9 Å². The molecule has 0 aromatic heterocycles. The van der Waals surface area contributed by atoms with Crippen molar-refractivity contribution in [3.63, 3.8) is 0 Å². The Balaban J connectivity index is 1.59. The summed E-state index contributed by atoms with van der Waals surface area (Å²) in [4.78, 5) is 27.0. The van der Waals surface area contributed by atoms with Gasteiger partial charge in [-0.15, -0.1) is 0 Å². The molecule has 1 spiro atoms. The molecule has 1 aliphatic carbocycles. The van der Waals surface area contributed by atoms with Gasteiger partial charge in [-0.2, -0.15) is 0 Å². The second-order valence-corrected chi connectivity index (χ2v) is 6.76. The molecule has 1 saturated carbocycles. The van der Waals surface area contributed by atoms with E-state index in [9.17, 15) is 9.59 Å². The summed E-state index contributed by atoms with van der Waals surface area (Å²) in [5.74, 6) is -0.589. The largest absolute Gasteiger partial charge is 0.353 e. The lowest BCUT2D eigenvalue weighted by molar-refractivity contribution is -0.188. The number of carbonyl (C=O) groups excluding carboxylic acids is 2. The van der Waals surface area contributed by atoms with Crippen LogP contribution in [0, 0.1) is 5.41 Å². The highest BCUT2D eigenvalue weighted by Gasteiger charge is 2.58. The topological polar surface area (TPSA) is 67.9 Å². The van der Waals surface area contributed by atoms with E-state index in [4.69, 9.17) is 9.47 Å². The minimum Gasteiger partial charge on any atom is -0.353 e.